The molecule has 2 heterocycles. The maximum absolute atomic E-state index is 2.12. The zero-order valence-electron chi connectivity index (χ0n) is 9.59. The molecule has 84 valence electrons. The van der Waals surface area contributed by atoms with Crippen molar-refractivity contribution < 1.29 is 0 Å². The van der Waals surface area contributed by atoms with Gasteiger partial charge in [-0.3, -0.25) is 0 Å². The number of hydrogen-bond acceptors (Lipinski definition) is 2. The minimum atomic E-state index is 1.30. The Morgan fingerprint density at radius 2 is 1.81 bits per heavy atom. The quantitative estimate of drug-likeness (QED) is 0.652. The van der Waals surface area contributed by atoms with Gasteiger partial charge in [0.1, 0.15) is 0 Å². The van der Waals surface area contributed by atoms with Gasteiger partial charge in [-0.05, 0) is 53.8 Å². The van der Waals surface area contributed by atoms with Crippen LogP contribution in [0.4, 0.5) is 0 Å². The van der Waals surface area contributed by atoms with E-state index in [1.54, 1.807) is 22.7 Å². The Labute approximate surface area is 106 Å². The van der Waals surface area contributed by atoms with Crippen LogP contribution in [0.1, 0.15) is 24.3 Å². The Morgan fingerprint density at radius 3 is 2.31 bits per heavy atom. The van der Waals surface area contributed by atoms with E-state index in [0.717, 1.165) is 0 Å². The largest absolute Gasteiger partial charge is 0.152 e. The summed E-state index contributed by atoms with van der Waals surface area (Å²) >= 11 is 3.49. The van der Waals surface area contributed by atoms with Crippen LogP contribution in [0.15, 0.2) is 46.5 Å². The third-order valence-corrected chi connectivity index (χ3v) is 3.32. The first kappa shape index (κ1) is 12.9. The molecule has 2 aromatic rings. The summed E-state index contributed by atoms with van der Waals surface area (Å²) in [7, 11) is 0. The van der Waals surface area contributed by atoms with E-state index in [1.165, 1.54) is 10.4 Å². The molecule has 0 spiro atoms. The Bertz CT molecular complexity index is 363. The van der Waals surface area contributed by atoms with Gasteiger partial charge in [0.15, 0.2) is 0 Å². The predicted molar refractivity (Wildman–Crippen MR) is 78.1 cm³/mol. The van der Waals surface area contributed by atoms with Crippen LogP contribution < -0.4 is 0 Å². The van der Waals surface area contributed by atoms with E-state index in [-0.39, 0.29) is 0 Å². The molecule has 0 N–H and O–H groups in total. The molecule has 2 rings (SSSR count). The highest BCUT2D eigenvalue weighted by Crippen LogP contribution is 2.09. The van der Waals surface area contributed by atoms with E-state index in [1.807, 2.05) is 26.0 Å². The molecule has 0 aliphatic carbocycles. The fraction of sp³-hybridized carbons (Fsp3) is 0.143. The molecule has 0 atom stereocenters. The average Bonchev–Trinajstić information content (AvgIpc) is 2.92. The molecule has 0 saturated heterocycles. The van der Waals surface area contributed by atoms with Crippen LogP contribution in [-0.4, -0.2) is 0 Å². The zero-order valence-corrected chi connectivity index (χ0v) is 11.2. The second kappa shape index (κ2) is 8.08. The smallest absolute Gasteiger partial charge is 0.0266 e. The SMILES string of the molecule is C/C=C/c1cccs1.C/C=C/c1ccsc1. The first-order valence-corrected chi connectivity index (χ1v) is 7.00. The van der Waals surface area contributed by atoms with Gasteiger partial charge in [0.05, 0.1) is 0 Å². The summed E-state index contributed by atoms with van der Waals surface area (Å²) < 4.78 is 0. The summed E-state index contributed by atoms with van der Waals surface area (Å²) in [5.74, 6) is 0. The van der Waals surface area contributed by atoms with E-state index in [4.69, 9.17) is 0 Å². The molecule has 0 radical (unpaired) electrons. The van der Waals surface area contributed by atoms with Gasteiger partial charge < -0.3 is 0 Å². The Hall–Kier alpha value is -1.12. The molecule has 0 aliphatic rings. The van der Waals surface area contributed by atoms with Crippen LogP contribution in [-0.2, 0) is 0 Å². The van der Waals surface area contributed by atoms with Gasteiger partial charge in [-0.2, -0.15) is 11.3 Å². The number of allylic oxidation sites excluding steroid dienone is 2. The van der Waals surface area contributed by atoms with Crippen molar-refractivity contribution in [3.05, 3.63) is 56.9 Å². The van der Waals surface area contributed by atoms with E-state index in [2.05, 4.69) is 46.5 Å². The van der Waals surface area contributed by atoms with Gasteiger partial charge in [-0.25, -0.2) is 0 Å². The van der Waals surface area contributed by atoms with Crippen molar-refractivity contribution in [2.45, 2.75) is 13.8 Å². The molecule has 0 unspecified atom stereocenters. The lowest BCUT2D eigenvalue weighted by atomic mass is 10.3. The van der Waals surface area contributed by atoms with Crippen LogP contribution in [0.5, 0.6) is 0 Å². The second-order valence-electron chi connectivity index (χ2n) is 3.07. The van der Waals surface area contributed by atoms with Crippen molar-refractivity contribution >= 4 is 34.8 Å². The number of hydrogen-bond donors (Lipinski definition) is 0. The first-order valence-electron chi connectivity index (χ1n) is 5.18. The molecule has 16 heavy (non-hydrogen) atoms. The lowest BCUT2D eigenvalue weighted by Crippen LogP contribution is -1.53. The summed E-state index contributed by atoms with van der Waals surface area (Å²) in [6.07, 6.45) is 8.29. The summed E-state index contributed by atoms with van der Waals surface area (Å²) in [6.45, 7) is 4.05. The van der Waals surface area contributed by atoms with Gasteiger partial charge in [0.25, 0.3) is 0 Å². The normalized spacial score (nSPS) is 10.6. The summed E-state index contributed by atoms with van der Waals surface area (Å²) in [5.41, 5.74) is 1.30. The van der Waals surface area contributed by atoms with Crippen LogP contribution >= 0.6 is 22.7 Å². The lowest BCUT2D eigenvalue weighted by molar-refractivity contribution is 1.76. The van der Waals surface area contributed by atoms with Crippen molar-refractivity contribution in [3.8, 4) is 0 Å². The summed E-state index contributed by atoms with van der Waals surface area (Å²) in [4.78, 5) is 1.33. The van der Waals surface area contributed by atoms with Crippen LogP contribution in [0, 0.1) is 0 Å². The van der Waals surface area contributed by atoms with Gasteiger partial charge >= 0.3 is 0 Å². The second-order valence-corrected chi connectivity index (χ2v) is 4.83. The molecule has 0 nitrogen and oxygen atoms in total. The average molecular weight is 248 g/mol. The maximum Gasteiger partial charge on any atom is 0.0266 e. The third-order valence-electron chi connectivity index (χ3n) is 1.78. The van der Waals surface area contributed by atoms with Gasteiger partial charge in [0.2, 0.25) is 0 Å². The van der Waals surface area contributed by atoms with Crippen molar-refractivity contribution in [2.24, 2.45) is 0 Å². The molecule has 0 saturated carbocycles. The van der Waals surface area contributed by atoms with E-state index >= 15 is 0 Å². The predicted octanol–water partition coefficient (Wildman–Crippen LogP) is 5.56. The molecule has 0 bridgehead atoms. The molecular formula is C14H16S2. The highest BCUT2D eigenvalue weighted by atomic mass is 32.1. The Morgan fingerprint density at radius 1 is 1.00 bits per heavy atom. The Balaban J connectivity index is 0.000000160. The van der Waals surface area contributed by atoms with Crippen LogP contribution in [0.3, 0.4) is 0 Å². The summed E-state index contributed by atoms with van der Waals surface area (Å²) in [5, 5.41) is 6.28. The number of thiophene rings is 2. The summed E-state index contributed by atoms with van der Waals surface area (Å²) in [6, 6.07) is 6.26. The van der Waals surface area contributed by atoms with E-state index < -0.39 is 0 Å². The van der Waals surface area contributed by atoms with E-state index in [9.17, 15) is 0 Å². The van der Waals surface area contributed by atoms with Crippen molar-refractivity contribution in [3.63, 3.8) is 0 Å². The molecule has 2 heteroatoms. The highest BCUT2D eigenvalue weighted by molar-refractivity contribution is 7.10. The van der Waals surface area contributed by atoms with Gasteiger partial charge in [-0.15, -0.1) is 11.3 Å². The third kappa shape index (κ3) is 5.10. The minimum absolute atomic E-state index is 1.30. The van der Waals surface area contributed by atoms with Crippen molar-refractivity contribution in [2.75, 3.05) is 0 Å². The van der Waals surface area contributed by atoms with E-state index in [0.29, 0.717) is 0 Å². The van der Waals surface area contributed by atoms with Crippen molar-refractivity contribution in [1.82, 2.24) is 0 Å². The molecular weight excluding hydrogens is 232 g/mol. The maximum atomic E-state index is 2.12. The number of rotatable bonds is 2. The topological polar surface area (TPSA) is 0 Å². The standard InChI is InChI=1S/2C7H8S/c1-2-4-7-5-3-6-8-7;1-2-3-7-4-5-8-6-7/h2*2-6H,1H3/b4-2+;3-2+. The monoisotopic (exact) mass is 248 g/mol. The fourth-order valence-electron chi connectivity index (χ4n) is 1.11. The lowest BCUT2D eigenvalue weighted by Gasteiger charge is -1.75. The van der Waals surface area contributed by atoms with Crippen LogP contribution in [0.25, 0.3) is 12.2 Å². The molecule has 0 aliphatic heterocycles. The zero-order chi connectivity index (χ0) is 11.6. The highest BCUT2D eigenvalue weighted by Gasteiger charge is 1.80. The molecule has 0 amide bonds. The Kier molecular flexibility index (Phi) is 6.54. The molecule has 0 fully saturated rings. The molecule has 0 aromatic carbocycles. The minimum Gasteiger partial charge on any atom is -0.152 e. The first-order chi connectivity index (χ1) is 7.86. The van der Waals surface area contributed by atoms with Gasteiger partial charge in [-0.1, -0.05) is 24.3 Å². The van der Waals surface area contributed by atoms with Crippen LogP contribution in [0.2, 0.25) is 0 Å². The van der Waals surface area contributed by atoms with Gasteiger partial charge in [0, 0.05) is 4.88 Å². The fourth-order valence-corrected chi connectivity index (χ4v) is 2.43. The van der Waals surface area contributed by atoms with Crippen molar-refractivity contribution in [1.29, 1.82) is 0 Å². The molecule has 2 aromatic heterocycles.